The Morgan fingerprint density at radius 2 is 1.69 bits per heavy atom. The molecule has 5 rings (SSSR count). The van der Waals surface area contributed by atoms with Gasteiger partial charge in [-0.25, -0.2) is 4.21 Å². The molecular formula is C27H18ClIN2O3S. The van der Waals surface area contributed by atoms with E-state index < -0.39 is 10.8 Å². The topological polar surface area (TPSA) is 66.5 Å². The van der Waals surface area contributed by atoms with Gasteiger partial charge in [0.1, 0.15) is 0 Å². The normalized spacial score (nSPS) is 14.6. The lowest BCUT2D eigenvalue weighted by Gasteiger charge is -2.24. The number of rotatable bonds is 4. The summed E-state index contributed by atoms with van der Waals surface area (Å²) in [6, 6.07) is 26.5. The number of benzene rings is 4. The maximum atomic E-state index is 13.7. The third-order valence-corrected chi connectivity index (χ3v) is 8.06. The molecule has 0 aliphatic carbocycles. The van der Waals surface area contributed by atoms with Gasteiger partial charge in [-0.15, -0.1) is 0 Å². The van der Waals surface area contributed by atoms with Gasteiger partial charge in [-0.05, 0) is 94.9 Å². The van der Waals surface area contributed by atoms with E-state index in [0.29, 0.717) is 37.3 Å². The van der Waals surface area contributed by atoms with Crippen LogP contribution in [0.5, 0.6) is 0 Å². The number of carbonyl (C=O) groups excluding carboxylic acids is 2. The summed E-state index contributed by atoms with van der Waals surface area (Å²) in [5.74, 6) is -0.612. The van der Waals surface area contributed by atoms with E-state index in [-0.39, 0.29) is 18.4 Å². The van der Waals surface area contributed by atoms with Gasteiger partial charge in [0, 0.05) is 19.8 Å². The van der Waals surface area contributed by atoms with Gasteiger partial charge in [0.2, 0.25) is 0 Å². The minimum atomic E-state index is -1.59. The zero-order valence-corrected chi connectivity index (χ0v) is 21.9. The van der Waals surface area contributed by atoms with Crippen LogP contribution in [0.15, 0.2) is 101 Å². The molecule has 4 aromatic carbocycles. The van der Waals surface area contributed by atoms with Crippen molar-refractivity contribution < 1.29 is 13.8 Å². The summed E-state index contributed by atoms with van der Waals surface area (Å²) >= 11 is 8.38. The van der Waals surface area contributed by atoms with Crippen LogP contribution in [-0.4, -0.2) is 16.0 Å². The monoisotopic (exact) mass is 612 g/mol. The van der Waals surface area contributed by atoms with E-state index in [1.54, 1.807) is 59.5 Å². The molecule has 5 nitrogen and oxygen atoms in total. The fourth-order valence-corrected chi connectivity index (χ4v) is 5.83. The molecular weight excluding hydrogens is 595 g/mol. The van der Waals surface area contributed by atoms with Gasteiger partial charge in [0.05, 0.1) is 38.4 Å². The number of carbonyl (C=O) groups is 2. The van der Waals surface area contributed by atoms with E-state index >= 15 is 0 Å². The summed E-state index contributed by atoms with van der Waals surface area (Å²) in [4.78, 5) is 29.2. The number of anilines is 2. The highest BCUT2D eigenvalue weighted by Crippen LogP contribution is 2.36. The Morgan fingerprint density at radius 1 is 0.914 bits per heavy atom. The summed E-state index contributed by atoms with van der Waals surface area (Å²) < 4.78 is 14.6. The van der Waals surface area contributed by atoms with Gasteiger partial charge >= 0.3 is 0 Å². The summed E-state index contributed by atoms with van der Waals surface area (Å²) in [5.41, 5.74) is 2.63. The van der Waals surface area contributed by atoms with Crippen LogP contribution in [0.3, 0.4) is 0 Å². The summed E-state index contributed by atoms with van der Waals surface area (Å²) in [7, 11) is -1.59. The molecule has 1 aliphatic rings. The van der Waals surface area contributed by atoms with Crippen LogP contribution in [0.2, 0.25) is 5.02 Å². The van der Waals surface area contributed by atoms with Gasteiger partial charge in [0.15, 0.2) is 0 Å². The first-order chi connectivity index (χ1) is 16.9. The molecule has 0 fully saturated rings. The zero-order valence-electron chi connectivity index (χ0n) is 18.2. The van der Waals surface area contributed by atoms with Gasteiger partial charge in [-0.3, -0.25) is 9.59 Å². The second-order valence-electron chi connectivity index (χ2n) is 7.93. The van der Waals surface area contributed by atoms with E-state index in [1.165, 1.54) is 0 Å². The van der Waals surface area contributed by atoms with Crippen LogP contribution in [0.4, 0.5) is 11.4 Å². The highest BCUT2D eigenvalue weighted by Gasteiger charge is 2.31. The van der Waals surface area contributed by atoms with Gasteiger partial charge in [-0.1, -0.05) is 35.9 Å². The molecule has 1 heterocycles. The average molecular weight is 613 g/mol. The van der Waals surface area contributed by atoms with Crippen LogP contribution >= 0.6 is 34.2 Å². The third kappa shape index (κ3) is 4.89. The molecule has 0 radical (unpaired) electrons. The lowest BCUT2D eigenvalue weighted by Crippen LogP contribution is -2.30. The summed E-state index contributed by atoms with van der Waals surface area (Å²) in [5, 5.41) is 3.44. The molecule has 35 heavy (non-hydrogen) atoms. The van der Waals surface area contributed by atoms with Crippen molar-refractivity contribution >= 4 is 68.2 Å². The minimum absolute atomic E-state index is 0.208. The second-order valence-corrected chi connectivity index (χ2v) is 11.0. The Bertz CT molecular complexity index is 1490. The van der Waals surface area contributed by atoms with Crippen LogP contribution in [0.25, 0.3) is 0 Å². The first-order valence-electron chi connectivity index (χ1n) is 10.7. The van der Waals surface area contributed by atoms with Gasteiger partial charge < -0.3 is 10.2 Å². The number of fused-ring (bicyclic) bond motifs is 2. The summed E-state index contributed by atoms with van der Waals surface area (Å²) in [6.07, 6.45) is 0. The zero-order chi connectivity index (χ0) is 24.5. The first-order valence-corrected chi connectivity index (χ1v) is 13.3. The molecule has 1 N–H and O–H groups in total. The Morgan fingerprint density at radius 3 is 2.46 bits per heavy atom. The predicted octanol–water partition coefficient (Wildman–Crippen LogP) is 6.52. The number of nitrogens with one attached hydrogen (secondary N) is 1. The van der Waals surface area contributed by atoms with Crippen molar-refractivity contribution in [2.24, 2.45) is 0 Å². The number of hydrogen-bond donors (Lipinski definition) is 1. The molecule has 1 aliphatic heterocycles. The van der Waals surface area contributed by atoms with Crippen molar-refractivity contribution in [3.8, 4) is 0 Å². The number of hydrogen-bond acceptors (Lipinski definition) is 3. The molecule has 8 heteroatoms. The maximum Gasteiger partial charge on any atom is 0.259 e. The second kappa shape index (κ2) is 9.93. The van der Waals surface area contributed by atoms with E-state index in [9.17, 15) is 13.8 Å². The Kier molecular flexibility index (Phi) is 6.73. The highest BCUT2D eigenvalue weighted by molar-refractivity contribution is 14.1. The molecule has 0 bridgehead atoms. The Balaban J connectivity index is 1.59. The van der Waals surface area contributed by atoms with Crippen molar-refractivity contribution in [2.75, 3.05) is 10.2 Å². The van der Waals surface area contributed by atoms with E-state index in [1.807, 2.05) is 36.4 Å². The minimum Gasteiger partial charge on any atom is -0.322 e. The first kappa shape index (κ1) is 23.7. The number of halogens is 2. The maximum absolute atomic E-state index is 13.7. The van der Waals surface area contributed by atoms with Crippen LogP contribution in [0.1, 0.15) is 26.3 Å². The molecule has 0 saturated carbocycles. The molecule has 0 saturated heterocycles. The number of amides is 2. The predicted molar refractivity (Wildman–Crippen MR) is 147 cm³/mol. The quantitative estimate of drug-likeness (QED) is 0.267. The SMILES string of the molecule is O=C(Nc1ccc(I)cc1)c1ccc2c(c1)N(Cc1cccc(Cl)c1)C(=O)c1ccccc1[S@]2=O. The molecule has 174 valence electrons. The third-order valence-electron chi connectivity index (χ3n) is 5.61. The summed E-state index contributed by atoms with van der Waals surface area (Å²) in [6.45, 7) is 0.208. The van der Waals surface area contributed by atoms with Gasteiger partial charge in [0.25, 0.3) is 11.8 Å². The molecule has 1 atom stereocenters. The van der Waals surface area contributed by atoms with E-state index in [4.69, 9.17) is 11.6 Å². The van der Waals surface area contributed by atoms with Crippen LogP contribution < -0.4 is 10.2 Å². The van der Waals surface area contributed by atoms with Crippen molar-refractivity contribution in [1.82, 2.24) is 0 Å². The molecule has 0 unspecified atom stereocenters. The van der Waals surface area contributed by atoms with Crippen molar-refractivity contribution in [3.63, 3.8) is 0 Å². The fraction of sp³-hybridized carbons (Fsp3) is 0.0370. The van der Waals surface area contributed by atoms with E-state index in [0.717, 1.165) is 9.13 Å². The number of nitrogens with zero attached hydrogens (tertiary/aromatic N) is 1. The lowest BCUT2D eigenvalue weighted by atomic mass is 10.1. The van der Waals surface area contributed by atoms with E-state index in [2.05, 4.69) is 27.9 Å². The largest absolute Gasteiger partial charge is 0.322 e. The van der Waals surface area contributed by atoms with Gasteiger partial charge in [-0.2, -0.15) is 0 Å². The average Bonchev–Trinajstić information content (AvgIpc) is 2.95. The van der Waals surface area contributed by atoms with Crippen molar-refractivity contribution in [3.05, 3.63) is 116 Å². The molecule has 0 spiro atoms. The fourth-order valence-electron chi connectivity index (χ4n) is 3.92. The lowest BCUT2D eigenvalue weighted by molar-refractivity contribution is 0.0979. The smallest absolute Gasteiger partial charge is 0.259 e. The molecule has 2 amide bonds. The molecule has 4 aromatic rings. The Hall–Kier alpha value is -3.01. The Labute approximate surface area is 223 Å². The van der Waals surface area contributed by atoms with Crippen molar-refractivity contribution in [1.29, 1.82) is 0 Å². The standard InChI is InChI=1S/C27H18ClIN2O3S/c28-19-5-3-4-17(14-19)16-31-23-15-18(26(32)30-21-11-9-20(29)10-12-21)8-13-25(23)35(34)24-7-2-1-6-22(24)27(31)33/h1-15H,16H2,(H,30,32)/t35-/m1/s1. The highest BCUT2D eigenvalue weighted by atomic mass is 127. The van der Waals surface area contributed by atoms with Crippen LogP contribution in [-0.2, 0) is 17.3 Å². The van der Waals surface area contributed by atoms with Crippen molar-refractivity contribution in [2.45, 2.75) is 16.3 Å². The van der Waals surface area contributed by atoms with Crippen LogP contribution in [0, 0.1) is 3.57 Å². The molecule has 0 aromatic heterocycles.